The van der Waals surface area contributed by atoms with Gasteiger partial charge in [-0.15, -0.1) is 0 Å². The fourth-order valence-electron chi connectivity index (χ4n) is 1.97. The number of benzene rings is 2. The summed E-state index contributed by atoms with van der Waals surface area (Å²) >= 11 is 3.32. The molecule has 0 aliphatic rings. The van der Waals surface area contributed by atoms with Crippen molar-refractivity contribution in [1.82, 2.24) is 4.90 Å². The van der Waals surface area contributed by atoms with Gasteiger partial charge in [0.15, 0.2) is 0 Å². The van der Waals surface area contributed by atoms with E-state index >= 15 is 0 Å². The van der Waals surface area contributed by atoms with Crippen LogP contribution in [0, 0.1) is 11.3 Å². The lowest BCUT2D eigenvalue weighted by molar-refractivity contribution is 0.0785. The fourth-order valence-corrected chi connectivity index (χ4v) is 2.34. The summed E-state index contributed by atoms with van der Waals surface area (Å²) in [7, 11) is 1.73. The molecule has 0 spiro atoms. The second kappa shape index (κ2) is 6.42. The average molecular weight is 344 g/mol. The molecule has 4 nitrogen and oxygen atoms in total. The van der Waals surface area contributed by atoms with Gasteiger partial charge in [0.25, 0.3) is 5.91 Å². The first-order valence-corrected chi connectivity index (χ1v) is 7.10. The monoisotopic (exact) mass is 343 g/mol. The first-order chi connectivity index (χ1) is 10.0. The molecule has 106 valence electrons. The molecular weight excluding hydrogens is 330 g/mol. The van der Waals surface area contributed by atoms with E-state index < -0.39 is 0 Å². The first kappa shape index (κ1) is 15.1. The van der Waals surface area contributed by atoms with Crippen LogP contribution in [0.3, 0.4) is 0 Å². The van der Waals surface area contributed by atoms with Crippen LogP contribution in [-0.4, -0.2) is 17.9 Å². The van der Waals surface area contributed by atoms with E-state index in [0.717, 1.165) is 5.56 Å². The highest BCUT2D eigenvalue weighted by Gasteiger charge is 2.13. The molecular formula is C16H14BrN3O. The van der Waals surface area contributed by atoms with Crippen LogP contribution in [0.15, 0.2) is 46.9 Å². The summed E-state index contributed by atoms with van der Waals surface area (Å²) in [5, 5.41) is 8.89. The summed E-state index contributed by atoms with van der Waals surface area (Å²) in [5.74, 6) is -0.0990. The van der Waals surface area contributed by atoms with E-state index in [0.29, 0.717) is 27.8 Å². The normalized spacial score (nSPS) is 9.95. The Morgan fingerprint density at radius 3 is 2.76 bits per heavy atom. The van der Waals surface area contributed by atoms with Crippen molar-refractivity contribution < 1.29 is 4.79 Å². The van der Waals surface area contributed by atoms with Crippen LogP contribution in [-0.2, 0) is 6.54 Å². The minimum atomic E-state index is -0.0990. The zero-order valence-corrected chi connectivity index (χ0v) is 13.1. The number of nitrogen functional groups attached to an aromatic ring is 1. The molecule has 0 aliphatic carbocycles. The van der Waals surface area contributed by atoms with Gasteiger partial charge in [-0.2, -0.15) is 5.26 Å². The van der Waals surface area contributed by atoms with Crippen LogP contribution in [0.2, 0.25) is 0 Å². The van der Waals surface area contributed by atoms with E-state index in [1.54, 1.807) is 42.3 Å². The van der Waals surface area contributed by atoms with Crippen LogP contribution in [0.5, 0.6) is 0 Å². The summed E-state index contributed by atoms with van der Waals surface area (Å²) in [4.78, 5) is 14.0. The third-order valence-electron chi connectivity index (χ3n) is 3.07. The van der Waals surface area contributed by atoms with Crippen LogP contribution in [0.1, 0.15) is 21.5 Å². The van der Waals surface area contributed by atoms with Gasteiger partial charge in [0, 0.05) is 29.3 Å². The largest absolute Gasteiger partial charge is 0.398 e. The Morgan fingerprint density at radius 1 is 1.33 bits per heavy atom. The molecule has 0 heterocycles. The third-order valence-corrected chi connectivity index (χ3v) is 3.76. The van der Waals surface area contributed by atoms with Crippen LogP contribution in [0.25, 0.3) is 0 Å². The number of rotatable bonds is 3. The molecule has 0 radical (unpaired) electrons. The predicted octanol–water partition coefficient (Wildman–Crippen LogP) is 3.18. The molecule has 5 heteroatoms. The minimum Gasteiger partial charge on any atom is -0.398 e. The van der Waals surface area contributed by atoms with Gasteiger partial charge in [-0.3, -0.25) is 4.79 Å². The number of halogens is 1. The van der Waals surface area contributed by atoms with Gasteiger partial charge in [-0.1, -0.05) is 12.1 Å². The summed E-state index contributed by atoms with van der Waals surface area (Å²) < 4.78 is 0.702. The first-order valence-electron chi connectivity index (χ1n) is 6.31. The Morgan fingerprint density at radius 2 is 2.10 bits per heavy atom. The number of carbonyl (C=O) groups is 1. The van der Waals surface area contributed by atoms with E-state index in [1.807, 2.05) is 12.1 Å². The molecule has 2 rings (SSSR count). The van der Waals surface area contributed by atoms with Gasteiger partial charge in [0.1, 0.15) is 0 Å². The topological polar surface area (TPSA) is 70.1 Å². The zero-order chi connectivity index (χ0) is 15.4. The number of nitrogens with two attached hydrogens (primary N) is 1. The Bertz CT molecular complexity index is 722. The number of carbonyl (C=O) groups excluding carboxylic acids is 1. The lowest BCUT2D eigenvalue weighted by Crippen LogP contribution is -2.26. The molecule has 0 bridgehead atoms. The molecule has 0 saturated heterocycles. The van der Waals surface area contributed by atoms with Gasteiger partial charge in [0.05, 0.1) is 11.6 Å². The van der Waals surface area contributed by atoms with Gasteiger partial charge in [-0.05, 0) is 51.8 Å². The Kier molecular flexibility index (Phi) is 4.61. The summed E-state index contributed by atoms with van der Waals surface area (Å²) in [6.45, 7) is 0.441. The van der Waals surface area contributed by atoms with Gasteiger partial charge >= 0.3 is 0 Å². The van der Waals surface area contributed by atoms with E-state index in [-0.39, 0.29) is 5.91 Å². The highest BCUT2D eigenvalue weighted by molar-refractivity contribution is 9.10. The molecule has 21 heavy (non-hydrogen) atoms. The SMILES string of the molecule is CN(Cc1cccc(C#N)c1)C(=O)c1ccc(N)c(Br)c1. The highest BCUT2D eigenvalue weighted by atomic mass is 79.9. The van der Waals surface area contributed by atoms with Crippen molar-refractivity contribution >= 4 is 27.5 Å². The standard InChI is InChI=1S/C16H14BrN3O/c1-20(10-12-4-2-3-11(7-12)9-18)16(21)13-5-6-15(19)14(17)8-13/h2-8H,10,19H2,1H3. The van der Waals surface area contributed by atoms with Crippen molar-refractivity contribution in [2.75, 3.05) is 12.8 Å². The summed E-state index contributed by atoms with van der Waals surface area (Å²) in [6, 6.07) is 14.4. The van der Waals surface area contributed by atoms with Gasteiger partial charge < -0.3 is 10.6 Å². The van der Waals surface area contributed by atoms with Crippen molar-refractivity contribution in [3.05, 3.63) is 63.6 Å². The van der Waals surface area contributed by atoms with E-state index in [2.05, 4.69) is 22.0 Å². The van der Waals surface area contributed by atoms with Crippen molar-refractivity contribution in [3.63, 3.8) is 0 Å². The van der Waals surface area contributed by atoms with Gasteiger partial charge in [-0.25, -0.2) is 0 Å². The number of anilines is 1. The second-order valence-electron chi connectivity index (χ2n) is 4.71. The second-order valence-corrected chi connectivity index (χ2v) is 5.56. The van der Waals surface area contributed by atoms with Crippen molar-refractivity contribution in [2.24, 2.45) is 0 Å². The smallest absolute Gasteiger partial charge is 0.253 e. The Balaban J connectivity index is 2.15. The van der Waals surface area contributed by atoms with Crippen LogP contribution < -0.4 is 5.73 Å². The van der Waals surface area contributed by atoms with Crippen LogP contribution >= 0.6 is 15.9 Å². The maximum Gasteiger partial charge on any atom is 0.253 e. The van der Waals surface area contributed by atoms with Crippen molar-refractivity contribution in [3.8, 4) is 6.07 Å². The van der Waals surface area contributed by atoms with Crippen molar-refractivity contribution in [1.29, 1.82) is 5.26 Å². The quantitative estimate of drug-likeness (QED) is 0.870. The van der Waals surface area contributed by atoms with Gasteiger partial charge in [0.2, 0.25) is 0 Å². The Labute approximate surface area is 131 Å². The third kappa shape index (κ3) is 3.61. The molecule has 0 saturated carbocycles. The van der Waals surface area contributed by atoms with Crippen molar-refractivity contribution in [2.45, 2.75) is 6.54 Å². The number of amides is 1. The molecule has 1 amide bonds. The molecule has 0 aromatic heterocycles. The van der Waals surface area contributed by atoms with E-state index in [4.69, 9.17) is 11.0 Å². The molecule has 0 unspecified atom stereocenters. The maximum atomic E-state index is 12.4. The molecule has 0 atom stereocenters. The Hall–Kier alpha value is -2.32. The minimum absolute atomic E-state index is 0.0990. The average Bonchev–Trinajstić information content (AvgIpc) is 2.49. The molecule has 0 aliphatic heterocycles. The lowest BCUT2D eigenvalue weighted by Gasteiger charge is -2.18. The number of hydrogen-bond donors (Lipinski definition) is 1. The molecule has 0 fully saturated rings. The summed E-state index contributed by atoms with van der Waals surface area (Å²) in [6.07, 6.45) is 0. The highest BCUT2D eigenvalue weighted by Crippen LogP contribution is 2.21. The molecule has 2 aromatic rings. The number of nitriles is 1. The maximum absolute atomic E-state index is 12.4. The molecule has 2 aromatic carbocycles. The zero-order valence-electron chi connectivity index (χ0n) is 11.5. The summed E-state index contributed by atoms with van der Waals surface area (Å²) in [5.41, 5.74) is 8.38. The predicted molar refractivity (Wildman–Crippen MR) is 85.5 cm³/mol. The van der Waals surface area contributed by atoms with Crippen LogP contribution in [0.4, 0.5) is 5.69 Å². The number of nitrogens with zero attached hydrogens (tertiary/aromatic N) is 2. The van der Waals surface area contributed by atoms with E-state index in [9.17, 15) is 4.79 Å². The lowest BCUT2D eigenvalue weighted by atomic mass is 10.1. The van der Waals surface area contributed by atoms with E-state index in [1.165, 1.54) is 0 Å². The molecule has 2 N–H and O–H groups in total. The number of hydrogen-bond acceptors (Lipinski definition) is 3. The fraction of sp³-hybridized carbons (Fsp3) is 0.125.